The van der Waals surface area contributed by atoms with Gasteiger partial charge in [0.15, 0.2) is 11.5 Å². The Morgan fingerprint density at radius 2 is 1.76 bits per heavy atom. The number of hydrogen-bond donors (Lipinski definition) is 0. The minimum absolute atomic E-state index is 0.0624. The molecule has 21 heavy (non-hydrogen) atoms. The molecule has 0 atom stereocenters. The van der Waals surface area contributed by atoms with Crippen LogP contribution in [0.3, 0.4) is 0 Å². The molecule has 1 aliphatic carbocycles. The van der Waals surface area contributed by atoms with Crippen LogP contribution in [0.2, 0.25) is 0 Å². The van der Waals surface area contributed by atoms with Crippen LogP contribution >= 0.6 is 0 Å². The third-order valence-corrected chi connectivity index (χ3v) is 4.05. The Morgan fingerprint density at radius 3 is 2.62 bits per heavy atom. The Balaban J connectivity index is 1.96. The Morgan fingerprint density at radius 1 is 0.952 bits per heavy atom. The zero-order valence-corrected chi connectivity index (χ0v) is 10.9. The van der Waals surface area contributed by atoms with Crippen molar-refractivity contribution in [3.63, 3.8) is 0 Å². The lowest BCUT2D eigenvalue weighted by Crippen LogP contribution is -2.11. The van der Waals surface area contributed by atoms with Gasteiger partial charge in [-0.05, 0) is 34.7 Å². The maximum Gasteiger partial charge on any atom is 0.231 e. The van der Waals surface area contributed by atoms with Crippen molar-refractivity contribution in [3.8, 4) is 22.6 Å². The van der Waals surface area contributed by atoms with Crippen molar-refractivity contribution >= 4 is 16.6 Å². The largest absolute Gasteiger partial charge is 0.454 e. The minimum Gasteiger partial charge on any atom is -0.454 e. The predicted molar refractivity (Wildman–Crippen MR) is 76.7 cm³/mol. The Hall–Kier alpha value is -2.88. The predicted octanol–water partition coefficient (Wildman–Crippen LogP) is 3.17. The smallest absolute Gasteiger partial charge is 0.231 e. The average Bonchev–Trinajstić information content (AvgIpc) is 2.98. The van der Waals surface area contributed by atoms with E-state index in [2.05, 4.69) is 4.98 Å². The van der Waals surface area contributed by atoms with Gasteiger partial charge in [0.25, 0.3) is 0 Å². The molecule has 1 aromatic heterocycles. The Bertz CT molecular complexity index is 941. The molecule has 3 aromatic rings. The first kappa shape index (κ1) is 10.9. The first-order valence-electron chi connectivity index (χ1n) is 6.69. The number of nitrogens with zero attached hydrogens (tertiary/aromatic N) is 1. The lowest BCUT2D eigenvalue weighted by atomic mass is 9.85. The zero-order chi connectivity index (χ0) is 14.0. The summed E-state index contributed by atoms with van der Waals surface area (Å²) in [6.45, 7) is 0.196. The second-order valence-electron chi connectivity index (χ2n) is 5.14. The van der Waals surface area contributed by atoms with Crippen LogP contribution in [0.15, 0.2) is 42.6 Å². The number of hydrogen-bond acceptors (Lipinski definition) is 4. The van der Waals surface area contributed by atoms with Crippen LogP contribution in [0.1, 0.15) is 16.1 Å². The second kappa shape index (κ2) is 3.61. The fraction of sp³-hybridized carbons (Fsp3) is 0.0588. The maximum atomic E-state index is 12.7. The second-order valence-corrected chi connectivity index (χ2v) is 5.14. The summed E-state index contributed by atoms with van der Waals surface area (Å²) in [4.78, 5) is 17.0. The van der Waals surface area contributed by atoms with E-state index in [1.165, 1.54) is 0 Å². The summed E-state index contributed by atoms with van der Waals surface area (Å²) >= 11 is 0. The number of ether oxygens (including phenoxy) is 2. The van der Waals surface area contributed by atoms with Gasteiger partial charge < -0.3 is 9.47 Å². The molecule has 5 rings (SSSR count). The topological polar surface area (TPSA) is 48.4 Å². The summed E-state index contributed by atoms with van der Waals surface area (Å²) < 4.78 is 10.8. The summed E-state index contributed by atoms with van der Waals surface area (Å²) in [5.41, 5.74) is 3.03. The van der Waals surface area contributed by atoms with Gasteiger partial charge in [-0.2, -0.15) is 0 Å². The van der Waals surface area contributed by atoms with Gasteiger partial charge in [0.05, 0.1) is 0 Å². The first-order valence-corrected chi connectivity index (χ1v) is 6.69. The van der Waals surface area contributed by atoms with Crippen LogP contribution in [0.25, 0.3) is 21.9 Å². The van der Waals surface area contributed by atoms with E-state index in [1.807, 2.05) is 30.3 Å². The van der Waals surface area contributed by atoms with Crippen molar-refractivity contribution in [1.82, 2.24) is 4.98 Å². The van der Waals surface area contributed by atoms with Crippen LogP contribution in [0, 0.1) is 0 Å². The molecule has 0 N–H and O–H groups in total. The van der Waals surface area contributed by atoms with Gasteiger partial charge in [-0.25, -0.2) is 0 Å². The number of aromatic nitrogens is 1. The molecule has 2 heterocycles. The number of carbonyl (C=O) groups is 1. The van der Waals surface area contributed by atoms with Crippen LogP contribution in [0.4, 0.5) is 0 Å². The summed E-state index contributed by atoms with van der Waals surface area (Å²) in [6, 6.07) is 11.6. The highest BCUT2D eigenvalue weighted by molar-refractivity contribution is 6.25. The van der Waals surface area contributed by atoms with Gasteiger partial charge in [-0.15, -0.1) is 0 Å². The van der Waals surface area contributed by atoms with Crippen LogP contribution in [-0.2, 0) is 0 Å². The molecule has 2 aromatic carbocycles. The fourth-order valence-corrected chi connectivity index (χ4v) is 3.11. The molecule has 0 spiro atoms. The molecule has 0 radical (unpaired) electrons. The number of benzene rings is 2. The summed E-state index contributed by atoms with van der Waals surface area (Å²) in [5, 5.41) is 1.94. The lowest BCUT2D eigenvalue weighted by molar-refractivity contribution is 0.103. The molecule has 0 bridgehead atoms. The van der Waals surface area contributed by atoms with E-state index in [-0.39, 0.29) is 12.6 Å². The summed E-state index contributed by atoms with van der Waals surface area (Å²) in [6.07, 6.45) is 1.68. The lowest BCUT2D eigenvalue weighted by Gasteiger charge is -2.19. The van der Waals surface area contributed by atoms with E-state index >= 15 is 0 Å². The van der Waals surface area contributed by atoms with E-state index in [4.69, 9.17) is 9.47 Å². The molecule has 0 amide bonds. The van der Waals surface area contributed by atoms with Crippen LogP contribution < -0.4 is 9.47 Å². The molecular formula is C17H9NO3. The highest BCUT2D eigenvalue weighted by Gasteiger charge is 2.29. The van der Waals surface area contributed by atoms with E-state index < -0.39 is 0 Å². The zero-order valence-electron chi connectivity index (χ0n) is 10.9. The third-order valence-electron chi connectivity index (χ3n) is 4.05. The van der Waals surface area contributed by atoms with Crippen molar-refractivity contribution in [2.75, 3.05) is 6.79 Å². The van der Waals surface area contributed by atoms with Gasteiger partial charge in [0.1, 0.15) is 5.69 Å². The quantitative estimate of drug-likeness (QED) is 0.494. The van der Waals surface area contributed by atoms with Crippen LogP contribution in [0.5, 0.6) is 11.5 Å². The number of ketones is 1. The van der Waals surface area contributed by atoms with E-state index in [1.54, 1.807) is 12.3 Å². The number of pyridine rings is 1. The monoisotopic (exact) mass is 275 g/mol. The molecular weight excluding hydrogens is 266 g/mol. The van der Waals surface area contributed by atoms with Crippen molar-refractivity contribution in [3.05, 3.63) is 53.9 Å². The highest BCUT2D eigenvalue weighted by Crippen LogP contribution is 2.44. The third kappa shape index (κ3) is 1.29. The molecule has 0 saturated carbocycles. The molecule has 0 saturated heterocycles. The minimum atomic E-state index is -0.0624. The van der Waals surface area contributed by atoms with Gasteiger partial charge >= 0.3 is 0 Å². The van der Waals surface area contributed by atoms with Crippen molar-refractivity contribution in [2.24, 2.45) is 0 Å². The van der Waals surface area contributed by atoms with E-state index in [9.17, 15) is 4.79 Å². The van der Waals surface area contributed by atoms with Gasteiger partial charge in [0.2, 0.25) is 12.6 Å². The number of fused-ring (bicyclic) bond motifs is 3. The SMILES string of the molecule is O=C1c2cc3c(cc2-c2cccc4ccnc1c24)OCO3. The Kier molecular flexibility index (Phi) is 1.86. The van der Waals surface area contributed by atoms with Gasteiger partial charge in [0, 0.05) is 17.1 Å². The molecule has 100 valence electrons. The fourth-order valence-electron chi connectivity index (χ4n) is 3.11. The Labute approximate surface area is 119 Å². The van der Waals surface area contributed by atoms with Crippen LogP contribution in [-0.4, -0.2) is 17.6 Å². The van der Waals surface area contributed by atoms with Gasteiger partial charge in [-0.1, -0.05) is 18.2 Å². The molecule has 1 aliphatic heterocycles. The van der Waals surface area contributed by atoms with Crippen molar-refractivity contribution < 1.29 is 14.3 Å². The van der Waals surface area contributed by atoms with E-state index in [0.29, 0.717) is 22.8 Å². The normalized spacial score (nSPS) is 14.4. The van der Waals surface area contributed by atoms with Crippen molar-refractivity contribution in [2.45, 2.75) is 0 Å². The first-order chi connectivity index (χ1) is 10.3. The maximum absolute atomic E-state index is 12.7. The standard InChI is InChI=1S/C17H9NO3/c19-17-12-7-14-13(20-8-21-14)6-11(12)10-3-1-2-9-4-5-18-16(17)15(9)10/h1-7H,8H2. The average molecular weight is 275 g/mol. The molecule has 0 unspecified atom stereocenters. The molecule has 4 heteroatoms. The summed E-state index contributed by atoms with van der Waals surface area (Å²) in [5.74, 6) is 1.24. The highest BCUT2D eigenvalue weighted by atomic mass is 16.7. The van der Waals surface area contributed by atoms with E-state index in [0.717, 1.165) is 21.9 Å². The van der Waals surface area contributed by atoms with Gasteiger partial charge in [-0.3, -0.25) is 9.78 Å². The molecule has 0 fully saturated rings. The summed E-state index contributed by atoms with van der Waals surface area (Å²) in [7, 11) is 0. The molecule has 2 aliphatic rings. The van der Waals surface area contributed by atoms with Crippen molar-refractivity contribution in [1.29, 1.82) is 0 Å². The number of rotatable bonds is 0. The molecule has 4 nitrogen and oxygen atoms in total. The number of carbonyl (C=O) groups excluding carboxylic acids is 1.